The van der Waals surface area contributed by atoms with Crippen molar-refractivity contribution in [1.82, 2.24) is 9.38 Å². The van der Waals surface area contributed by atoms with Crippen LogP contribution in [0.25, 0.3) is 11.7 Å². The number of nitriles is 1. The van der Waals surface area contributed by atoms with E-state index in [1.165, 1.54) is 0 Å². The number of hydrogen-bond acceptors (Lipinski definition) is 5. The molecule has 0 bridgehead atoms. The van der Waals surface area contributed by atoms with E-state index in [0.29, 0.717) is 36.1 Å². The number of hydrogen-bond donors (Lipinski definition) is 1. The number of aromatic nitrogens is 2. The van der Waals surface area contributed by atoms with Crippen molar-refractivity contribution in [1.29, 1.82) is 5.26 Å². The minimum absolute atomic E-state index is 0.0151. The molecule has 0 unspecified atom stereocenters. The van der Waals surface area contributed by atoms with Crippen molar-refractivity contribution in [2.75, 3.05) is 18.5 Å². The second kappa shape index (κ2) is 6.84. The predicted octanol–water partition coefficient (Wildman–Crippen LogP) is 2.96. The van der Waals surface area contributed by atoms with Crippen molar-refractivity contribution in [3.05, 3.63) is 59.6 Å². The average Bonchev–Trinajstić information content (AvgIpc) is 3.00. The lowest BCUT2D eigenvalue weighted by molar-refractivity contribution is -0.112. The highest BCUT2D eigenvalue weighted by atomic mass is 16.6. The zero-order chi connectivity index (χ0) is 18.8. The van der Waals surface area contributed by atoms with Crippen LogP contribution in [0.15, 0.2) is 48.2 Å². The third-order valence-corrected chi connectivity index (χ3v) is 4.20. The quantitative estimate of drug-likeness (QED) is 0.573. The summed E-state index contributed by atoms with van der Waals surface area (Å²) in [6, 6.07) is 12.7. The molecule has 1 aliphatic heterocycles. The van der Waals surface area contributed by atoms with Gasteiger partial charge in [-0.25, -0.2) is 4.98 Å². The summed E-state index contributed by atoms with van der Waals surface area (Å²) in [7, 11) is 0. The number of anilines is 1. The second-order valence-electron chi connectivity index (χ2n) is 5.99. The summed E-state index contributed by atoms with van der Waals surface area (Å²) >= 11 is 0. The van der Waals surface area contributed by atoms with Gasteiger partial charge in [-0.15, -0.1) is 0 Å². The topological polar surface area (TPSA) is 88.7 Å². The summed E-state index contributed by atoms with van der Waals surface area (Å²) in [5, 5.41) is 12.2. The molecule has 7 nitrogen and oxygen atoms in total. The lowest BCUT2D eigenvalue weighted by atomic mass is 10.2. The summed E-state index contributed by atoms with van der Waals surface area (Å²) in [4.78, 5) is 17.0. The molecule has 27 heavy (non-hydrogen) atoms. The molecule has 1 N–H and O–H groups in total. The Hall–Kier alpha value is -3.79. The Morgan fingerprint density at radius 2 is 2.07 bits per heavy atom. The Labute approximate surface area is 155 Å². The number of nitrogens with zero attached hydrogens (tertiary/aromatic N) is 3. The van der Waals surface area contributed by atoms with Crippen LogP contribution in [0.3, 0.4) is 0 Å². The maximum Gasteiger partial charge on any atom is 0.266 e. The third-order valence-electron chi connectivity index (χ3n) is 4.20. The van der Waals surface area contributed by atoms with Crippen LogP contribution in [-0.2, 0) is 4.79 Å². The number of pyridine rings is 1. The predicted molar refractivity (Wildman–Crippen MR) is 99.6 cm³/mol. The SMILES string of the molecule is Cc1nc2ccccn2c1/C=C(\C#N)C(=O)Nc1ccc2c(c1)OCCO2. The fraction of sp³-hybridized carbons (Fsp3) is 0.150. The van der Waals surface area contributed by atoms with Gasteiger partial charge in [0.1, 0.15) is 30.5 Å². The molecule has 0 saturated carbocycles. The molecule has 0 atom stereocenters. The van der Waals surface area contributed by atoms with Gasteiger partial charge < -0.3 is 14.8 Å². The van der Waals surface area contributed by atoms with Crippen molar-refractivity contribution in [2.24, 2.45) is 0 Å². The van der Waals surface area contributed by atoms with Crippen molar-refractivity contribution >= 4 is 23.3 Å². The molecule has 3 aromatic rings. The summed E-state index contributed by atoms with van der Waals surface area (Å²) in [5.74, 6) is 0.704. The molecule has 0 aliphatic carbocycles. The van der Waals surface area contributed by atoms with E-state index in [1.54, 1.807) is 24.3 Å². The zero-order valence-electron chi connectivity index (χ0n) is 14.6. The molecule has 0 spiro atoms. The van der Waals surface area contributed by atoms with Gasteiger partial charge in [0.25, 0.3) is 5.91 Å². The number of fused-ring (bicyclic) bond motifs is 2. The average molecular weight is 360 g/mol. The number of imidazole rings is 1. The van der Waals surface area contributed by atoms with Crippen LogP contribution in [0, 0.1) is 18.3 Å². The highest BCUT2D eigenvalue weighted by molar-refractivity contribution is 6.09. The number of ether oxygens (including phenoxy) is 2. The largest absolute Gasteiger partial charge is 0.486 e. The van der Waals surface area contributed by atoms with Gasteiger partial charge in [-0.1, -0.05) is 6.07 Å². The molecule has 4 rings (SSSR count). The number of carbonyl (C=O) groups excluding carboxylic acids is 1. The molecular weight excluding hydrogens is 344 g/mol. The Bertz CT molecular complexity index is 1110. The van der Waals surface area contributed by atoms with Crippen LogP contribution in [-0.4, -0.2) is 28.5 Å². The van der Waals surface area contributed by atoms with E-state index in [0.717, 1.165) is 11.3 Å². The first-order valence-electron chi connectivity index (χ1n) is 8.42. The standard InChI is InChI=1S/C20H16N4O3/c1-13-16(24-7-3-2-4-19(24)22-13)10-14(12-21)20(25)23-15-5-6-17-18(11-15)27-9-8-26-17/h2-7,10-11H,8-9H2,1H3,(H,23,25)/b14-10+. The van der Waals surface area contributed by atoms with E-state index in [-0.39, 0.29) is 5.57 Å². The molecule has 1 aliphatic rings. The van der Waals surface area contributed by atoms with E-state index >= 15 is 0 Å². The molecule has 1 amide bonds. The van der Waals surface area contributed by atoms with Crippen molar-refractivity contribution < 1.29 is 14.3 Å². The molecule has 134 valence electrons. The second-order valence-corrected chi connectivity index (χ2v) is 5.99. The van der Waals surface area contributed by atoms with E-state index in [2.05, 4.69) is 10.3 Å². The van der Waals surface area contributed by atoms with E-state index < -0.39 is 5.91 Å². The number of carbonyl (C=O) groups is 1. The summed E-state index contributed by atoms with van der Waals surface area (Å²) in [6.45, 7) is 2.80. The molecule has 0 radical (unpaired) electrons. The Morgan fingerprint density at radius 1 is 1.26 bits per heavy atom. The van der Waals surface area contributed by atoms with Gasteiger partial charge in [-0.3, -0.25) is 9.20 Å². The van der Waals surface area contributed by atoms with Gasteiger partial charge in [-0.2, -0.15) is 5.26 Å². The summed E-state index contributed by atoms with van der Waals surface area (Å²) < 4.78 is 12.8. The van der Waals surface area contributed by atoms with Crippen LogP contribution >= 0.6 is 0 Å². The molecule has 3 heterocycles. The Balaban J connectivity index is 1.62. The zero-order valence-corrected chi connectivity index (χ0v) is 14.6. The number of benzene rings is 1. The van der Waals surface area contributed by atoms with Crippen LogP contribution in [0.1, 0.15) is 11.4 Å². The van der Waals surface area contributed by atoms with Crippen molar-refractivity contribution in [3.63, 3.8) is 0 Å². The number of amides is 1. The van der Waals surface area contributed by atoms with Gasteiger partial charge in [0, 0.05) is 18.0 Å². The minimum atomic E-state index is -0.501. The molecular formula is C20H16N4O3. The van der Waals surface area contributed by atoms with Crippen LogP contribution in [0.5, 0.6) is 11.5 Å². The lowest BCUT2D eigenvalue weighted by Crippen LogP contribution is -2.17. The summed E-state index contributed by atoms with van der Waals surface area (Å²) in [6.07, 6.45) is 3.39. The van der Waals surface area contributed by atoms with Gasteiger partial charge in [0.2, 0.25) is 0 Å². The first-order valence-corrected chi connectivity index (χ1v) is 8.42. The summed E-state index contributed by atoms with van der Waals surface area (Å²) in [5.41, 5.74) is 2.70. The fourth-order valence-corrected chi connectivity index (χ4v) is 2.91. The maximum atomic E-state index is 12.6. The van der Waals surface area contributed by atoms with E-state index in [1.807, 2.05) is 41.8 Å². The highest BCUT2D eigenvalue weighted by Gasteiger charge is 2.16. The van der Waals surface area contributed by atoms with Crippen LogP contribution < -0.4 is 14.8 Å². The van der Waals surface area contributed by atoms with Crippen LogP contribution in [0.2, 0.25) is 0 Å². The van der Waals surface area contributed by atoms with Crippen LogP contribution in [0.4, 0.5) is 5.69 Å². The number of aryl methyl sites for hydroxylation is 1. The Kier molecular flexibility index (Phi) is 4.22. The Morgan fingerprint density at radius 3 is 2.89 bits per heavy atom. The first kappa shape index (κ1) is 16.7. The van der Waals surface area contributed by atoms with Crippen molar-refractivity contribution in [3.8, 4) is 17.6 Å². The van der Waals surface area contributed by atoms with E-state index in [4.69, 9.17) is 9.47 Å². The lowest BCUT2D eigenvalue weighted by Gasteiger charge is -2.18. The molecule has 7 heteroatoms. The first-order chi connectivity index (χ1) is 13.2. The van der Waals surface area contributed by atoms with E-state index in [9.17, 15) is 10.1 Å². The number of rotatable bonds is 3. The highest BCUT2D eigenvalue weighted by Crippen LogP contribution is 2.32. The monoisotopic (exact) mass is 360 g/mol. The van der Waals surface area contributed by atoms with Gasteiger partial charge in [0.05, 0.1) is 11.4 Å². The third kappa shape index (κ3) is 3.20. The van der Waals surface area contributed by atoms with Gasteiger partial charge >= 0.3 is 0 Å². The fourth-order valence-electron chi connectivity index (χ4n) is 2.91. The molecule has 0 fully saturated rings. The number of nitrogens with one attached hydrogen (secondary N) is 1. The van der Waals surface area contributed by atoms with Gasteiger partial charge in [-0.05, 0) is 37.3 Å². The molecule has 1 aromatic carbocycles. The van der Waals surface area contributed by atoms with Crippen molar-refractivity contribution in [2.45, 2.75) is 6.92 Å². The molecule has 2 aromatic heterocycles. The maximum absolute atomic E-state index is 12.6. The van der Waals surface area contributed by atoms with Gasteiger partial charge in [0.15, 0.2) is 11.5 Å². The minimum Gasteiger partial charge on any atom is -0.486 e. The normalized spacial score (nSPS) is 13.3. The smallest absolute Gasteiger partial charge is 0.266 e. The molecule has 0 saturated heterocycles.